The monoisotopic (exact) mass is 476 g/mol. The number of anilines is 2. The Labute approximate surface area is 197 Å². The summed E-state index contributed by atoms with van der Waals surface area (Å²) < 4.78 is 28.6. The second-order valence-corrected chi connectivity index (χ2v) is 11.1. The molecule has 5 atom stereocenters. The quantitative estimate of drug-likeness (QED) is 0.503. The van der Waals surface area contributed by atoms with Crippen molar-refractivity contribution in [2.75, 3.05) is 10.0 Å². The first-order valence-corrected chi connectivity index (χ1v) is 12.9. The van der Waals surface area contributed by atoms with E-state index in [1.54, 1.807) is 30.3 Å². The third-order valence-electron chi connectivity index (χ3n) is 7.68. The van der Waals surface area contributed by atoms with E-state index in [4.69, 9.17) is 0 Å². The molecule has 2 fully saturated rings. The van der Waals surface area contributed by atoms with Crippen molar-refractivity contribution >= 4 is 27.6 Å². The topological polar surface area (TPSA) is 121 Å². The summed E-state index contributed by atoms with van der Waals surface area (Å²) in [4.78, 5) is 19.4. The molecule has 8 nitrogen and oxygen atoms in total. The molecule has 6 rings (SSSR count). The Bertz CT molecular complexity index is 1360. The number of nitrogens with one attached hydrogen (secondary N) is 2. The van der Waals surface area contributed by atoms with Gasteiger partial charge in [0.1, 0.15) is 0 Å². The SMILES string of the molecule is O=C(O)c1ccc([C@@H]2Nc3ccc(S(=O)(=O)Nc4ncccn4)cc3[C@@H]3[C@H]4CC[C@@H](C4)[C@@H]32)cc1. The lowest BCUT2D eigenvalue weighted by molar-refractivity contribution is 0.0697. The van der Waals surface area contributed by atoms with Gasteiger partial charge in [0, 0.05) is 18.1 Å². The predicted octanol–water partition coefficient (Wildman–Crippen LogP) is 4.27. The molecule has 0 spiro atoms. The van der Waals surface area contributed by atoms with Crippen LogP contribution in [0.3, 0.4) is 0 Å². The fraction of sp³-hybridized carbons (Fsp3) is 0.320. The zero-order chi connectivity index (χ0) is 23.4. The minimum absolute atomic E-state index is 0.0426. The van der Waals surface area contributed by atoms with Gasteiger partial charge in [0.25, 0.3) is 10.0 Å². The molecule has 0 radical (unpaired) electrons. The molecule has 2 aliphatic carbocycles. The van der Waals surface area contributed by atoms with Gasteiger partial charge in [-0.1, -0.05) is 12.1 Å². The van der Waals surface area contributed by atoms with Crippen molar-refractivity contribution in [3.05, 3.63) is 77.6 Å². The summed E-state index contributed by atoms with van der Waals surface area (Å²) in [5.41, 5.74) is 3.33. The number of carboxylic acids is 1. The van der Waals surface area contributed by atoms with Crippen LogP contribution in [-0.4, -0.2) is 29.5 Å². The summed E-state index contributed by atoms with van der Waals surface area (Å²) in [5, 5.41) is 12.9. The van der Waals surface area contributed by atoms with Crippen LogP contribution in [0.2, 0.25) is 0 Å². The van der Waals surface area contributed by atoms with E-state index in [9.17, 15) is 18.3 Å². The molecule has 3 N–H and O–H groups in total. The first-order chi connectivity index (χ1) is 16.4. The summed E-state index contributed by atoms with van der Waals surface area (Å²) in [6.45, 7) is 0. The lowest BCUT2D eigenvalue weighted by Gasteiger charge is -2.43. The van der Waals surface area contributed by atoms with Crippen LogP contribution in [0.5, 0.6) is 0 Å². The van der Waals surface area contributed by atoms with E-state index in [1.807, 2.05) is 18.2 Å². The number of aromatic carboxylic acids is 1. The van der Waals surface area contributed by atoms with E-state index in [-0.39, 0.29) is 28.4 Å². The Hall–Kier alpha value is -3.46. The van der Waals surface area contributed by atoms with Gasteiger partial charge in [0.05, 0.1) is 16.5 Å². The maximum atomic E-state index is 13.1. The van der Waals surface area contributed by atoms with Crippen LogP contribution in [0.15, 0.2) is 65.8 Å². The maximum Gasteiger partial charge on any atom is 0.335 e. The highest BCUT2D eigenvalue weighted by molar-refractivity contribution is 7.92. The van der Waals surface area contributed by atoms with Crippen molar-refractivity contribution in [3.63, 3.8) is 0 Å². The molecular formula is C25H24N4O4S. The fourth-order valence-corrected chi connectivity index (χ4v) is 7.32. The number of fused-ring (bicyclic) bond motifs is 7. The fourth-order valence-electron chi connectivity index (χ4n) is 6.33. The van der Waals surface area contributed by atoms with Gasteiger partial charge in [-0.05, 0) is 90.5 Å². The third kappa shape index (κ3) is 3.42. The summed E-state index contributed by atoms with van der Waals surface area (Å²) in [6, 6.07) is 14.1. The van der Waals surface area contributed by atoms with Gasteiger partial charge in [-0.25, -0.2) is 27.9 Å². The van der Waals surface area contributed by atoms with Crippen molar-refractivity contribution in [2.45, 2.75) is 36.1 Å². The normalized spacial score (nSPS) is 26.9. The molecule has 0 amide bonds. The van der Waals surface area contributed by atoms with E-state index in [0.717, 1.165) is 29.7 Å². The minimum Gasteiger partial charge on any atom is -0.478 e. The summed E-state index contributed by atoms with van der Waals surface area (Å²) in [6.07, 6.45) is 6.46. The number of rotatable bonds is 5. The van der Waals surface area contributed by atoms with E-state index in [2.05, 4.69) is 20.0 Å². The van der Waals surface area contributed by atoms with Crippen LogP contribution in [0.1, 0.15) is 52.7 Å². The average molecular weight is 477 g/mol. The van der Waals surface area contributed by atoms with Crippen molar-refractivity contribution < 1.29 is 18.3 Å². The van der Waals surface area contributed by atoms with Gasteiger partial charge in [-0.3, -0.25) is 0 Å². The molecule has 1 aromatic heterocycles. The van der Waals surface area contributed by atoms with Gasteiger partial charge in [-0.2, -0.15) is 0 Å². The molecule has 0 saturated heterocycles. The largest absolute Gasteiger partial charge is 0.478 e. The third-order valence-corrected chi connectivity index (χ3v) is 9.00. The van der Waals surface area contributed by atoms with Crippen molar-refractivity contribution in [2.24, 2.45) is 17.8 Å². The Balaban J connectivity index is 1.37. The van der Waals surface area contributed by atoms with Gasteiger partial charge in [-0.15, -0.1) is 0 Å². The number of sulfonamides is 1. The summed E-state index contributed by atoms with van der Waals surface area (Å²) >= 11 is 0. The van der Waals surface area contributed by atoms with E-state index < -0.39 is 16.0 Å². The number of hydrogen-bond donors (Lipinski definition) is 3. The smallest absolute Gasteiger partial charge is 0.335 e. The molecule has 2 heterocycles. The summed E-state index contributed by atoms with van der Waals surface area (Å²) in [7, 11) is -3.83. The molecule has 174 valence electrons. The standard InChI is InChI=1S/C25H24N4O4S/c30-24(31)15-4-2-14(3-5-15)23-22-17-7-6-16(12-17)21(22)19-13-18(8-9-20(19)28-23)34(32,33)29-25-26-10-1-11-27-25/h1-5,8-11,13,16-17,21-23,28H,6-7,12H2,(H,30,31)(H,26,27,29)/t16-,17-,21-,22-,23-/m0/s1. The lowest BCUT2D eigenvalue weighted by atomic mass is 9.68. The van der Waals surface area contributed by atoms with E-state index >= 15 is 0 Å². The first-order valence-electron chi connectivity index (χ1n) is 11.4. The Kier molecular flexibility index (Phi) is 4.84. The molecule has 2 saturated carbocycles. The molecule has 34 heavy (non-hydrogen) atoms. The highest BCUT2D eigenvalue weighted by Crippen LogP contribution is 2.63. The number of aromatic nitrogens is 2. The molecule has 2 bridgehead atoms. The highest BCUT2D eigenvalue weighted by Gasteiger charge is 2.53. The van der Waals surface area contributed by atoms with Crippen LogP contribution in [-0.2, 0) is 10.0 Å². The molecule has 9 heteroatoms. The van der Waals surface area contributed by atoms with Crippen LogP contribution in [0.4, 0.5) is 11.6 Å². The number of nitrogens with zero attached hydrogens (tertiary/aromatic N) is 2. The number of carbonyl (C=O) groups is 1. The molecule has 0 unspecified atom stereocenters. The molecule has 2 aromatic carbocycles. The molecule has 3 aliphatic rings. The lowest BCUT2D eigenvalue weighted by Crippen LogP contribution is -2.35. The first kappa shape index (κ1) is 21.1. The van der Waals surface area contributed by atoms with E-state index in [1.165, 1.54) is 18.8 Å². The van der Waals surface area contributed by atoms with Crippen molar-refractivity contribution in [1.29, 1.82) is 0 Å². The maximum absolute atomic E-state index is 13.1. The second-order valence-electron chi connectivity index (χ2n) is 9.41. The van der Waals surface area contributed by atoms with Crippen molar-refractivity contribution in [3.8, 4) is 0 Å². The molecular weight excluding hydrogens is 452 g/mol. The van der Waals surface area contributed by atoms with Crippen molar-refractivity contribution in [1.82, 2.24) is 9.97 Å². The summed E-state index contributed by atoms with van der Waals surface area (Å²) in [5.74, 6) is 0.805. The predicted molar refractivity (Wildman–Crippen MR) is 126 cm³/mol. The Morgan fingerprint density at radius 1 is 1.03 bits per heavy atom. The molecule has 3 aromatic rings. The van der Waals surface area contributed by atoms with Crippen LogP contribution in [0.25, 0.3) is 0 Å². The van der Waals surface area contributed by atoms with Gasteiger partial charge >= 0.3 is 5.97 Å². The van der Waals surface area contributed by atoms with Gasteiger partial charge in [0.2, 0.25) is 5.95 Å². The average Bonchev–Trinajstić information content (AvgIpc) is 3.46. The highest BCUT2D eigenvalue weighted by atomic mass is 32.2. The second kappa shape index (κ2) is 7.80. The van der Waals surface area contributed by atoms with Crippen LogP contribution in [0, 0.1) is 17.8 Å². The van der Waals surface area contributed by atoms with E-state index in [0.29, 0.717) is 17.8 Å². The van der Waals surface area contributed by atoms with Crippen LogP contribution < -0.4 is 10.0 Å². The number of carboxylic acid groups (broad SMARTS) is 1. The Morgan fingerprint density at radius 3 is 2.50 bits per heavy atom. The van der Waals surface area contributed by atoms with Gasteiger partial charge in [0.15, 0.2) is 0 Å². The minimum atomic E-state index is -3.83. The zero-order valence-corrected chi connectivity index (χ0v) is 19.1. The zero-order valence-electron chi connectivity index (χ0n) is 18.3. The Morgan fingerprint density at radius 2 is 1.76 bits per heavy atom. The number of hydrogen-bond acceptors (Lipinski definition) is 6. The number of benzene rings is 2. The molecule has 1 aliphatic heterocycles. The van der Waals surface area contributed by atoms with Gasteiger partial charge < -0.3 is 10.4 Å². The van der Waals surface area contributed by atoms with Crippen LogP contribution >= 0.6 is 0 Å².